The second-order valence-electron chi connectivity index (χ2n) is 4.42. The number of ether oxygens (including phenoxy) is 1. The molecule has 2 aromatic carbocycles. The Kier molecular flexibility index (Phi) is 5.19. The van der Waals surface area contributed by atoms with E-state index < -0.39 is 14.9 Å². The van der Waals surface area contributed by atoms with Crippen LogP contribution in [0.15, 0.2) is 47.4 Å². The van der Waals surface area contributed by atoms with E-state index in [9.17, 15) is 18.5 Å². The Balaban J connectivity index is 2.31. The Morgan fingerprint density at radius 1 is 1.22 bits per heavy atom. The van der Waals surface area contributed by atoms with Crippen LogP contribution in [0, 0.1) is 10.1 Å². The van der Waals surface area contributed by atoms with Crippen molar-refractivity contribution in [2.75, 3.05) is 6.54 Å². The first-order valence-corrected chi connectivity index (χ1v) is 8.41. The van der Waals surface area contributed by atoms with Crippen molar-refractivity contribution in [3.05, 3.63) is 57.6 Å². The number of nitrogens with one attached hydrogen (secondary N) is 1. The summed E-state index contributed by atoms with van der Waals surface area (Å²) < 4.78 is 31.5. The smallest absolute Gasteiger partial charge is 0.313 e. The normalized spacial score (nSPS) is 11.2. The Hall–Kier alpha value is -2.16. The molecule has 122 valence electrons. The van der Waals surface area contributed by atoms with Gasteiger partial charge in [0.05, 0.1) is 14.8 Å². The molecule has 0 atom stereocenters. The summed E-state index contributed by atoms with van der Waals surface area (Å²) in [6, 6.07) is 9.67. The number of para-hydroxylation sites is 1. The summed E-state index contributed by atoms with van der Waals surface area (Å²) in [5.41, 5.74) is -0.276. The number of sulfonamides is 1. The molecule has 7 nitrogen and oxygen atoms in total. The lowest BCUT2D eigenvalue weighted by atomic mass is 10.3. The molecule has 23 heavy (non-hydrogen) atoms. The molecule has 0 fully saturated rings. The van der Waals surface area contributed by atoms with Gasteiger partial charge in [-0.1, -0.05) is 24.6 Å². The largest absolute Gasteiger partial charge is 0.449 e. The monoisotopic (exact) mass is 356 g/mol. The summed E-state index contributed by atoms with van der Waals surface area (Å²) in [6.45, 7) is 1.94. The van der Waals surface area contributed by atoms with Crippen LogP contribution < -0.4 is 9.46 Å². The molecular weight excluding hydrogens is 344 g/mol. The lowest BCUT2D eigenvalue weighted by Crippen LogP contribution is -2.22. The molecule has 0 spiro atoms. The van der Waals surface area contributed by atoms with Crippen molar-refractivity contribution in [3.8, 4) is 11.5 Å². The van der Waals surface area contributed by atoms with E-state index in [0.29, 0.717) is 0 Å². The predicted molar refractivity (Wildman–Crippen MR) is 85.5 cm³/mol. The third-order valence-electron chi connectivity index (χ3n) is 2.83. The molecule has 0 aromatic heterocycles. The number of rotatable bonds is 6. The fourth-order valence-corrected chi connectivity index (χ4v) is 3.07. The number of benzene rings is 2. The third-order valence-corrected chi connectivity index (χ3v) is 4.69. The summed E-state index contributed by atoms with van der Waals surface area (Å²) in [5.74, 6) is 0.137. The first-order chi connectivity index (χ1) is 10.8. The van der Waals surface area contributed by atoms with Gasteiger partial charge in [0.15, 0.2) is 0 Å². The zero-order valence-electron chi connectivity index (χ0n) is 12.0. The van der Waals surface area contributed by atoms with Crippen molar-refractivity contribution in [1.29, 1.82) is 0 Å². The Morgan fingerprint density at radius 2 is 1.87 bits per heavy atom. The van der Waals surface area contributed by atoms with Gasteiger partial charge in [0.25, 0.3) is 0 Å². The summed E-state index contributed by atoms with van der Waals surface area (Å²) >= 11 is 5.93. The standard InChI is InChI=1S/C14H13ClN2O5S/c1-2-16-23(20,21)11-8-6-10(7-9-11)22-14-12(15)4-3-5-13(14)17(18)19/h3-9,16H,2H2,1H3. The van der Waals surface area contributed by atoms with Crippen molar-refractivity contribution in [3.63, 3.8) is 0 Å². The summed E-state index contributed by atoms with van der Waals surface area (Å²) in [4.78, 5) is 10.5. The molecule has 0 unspecified atom stereocenters. The van der Waals surface area contributed by atoms with E-state index in [2.05, 4.69) is 4.72 Å². The predicted octanol–water partition coefficient (Wildman–Crippen LogP) is 3.34. The molecule has 0 aliphatic rings. The first-order valence-electron chi connectivity index (χ1n) is 6.55. The molecule has 9 heteroatoms. The highest BCUT2D eigenvalue weighted by atomic mass is 35.5. The molecule has 2 rings (SSSR count). The van der Waals surface area contributed by atoms with Crippen LogP contribution >= 0.6 is 11.6 Å². The van der Waals surface area contributed by atoms with Gasteiger partial charge >= 0.3 is 5.69 Å². The zero-order valence-corrected chi connectivity index (χ0v) is 13.6. The molecule has 0 aliphatic heterocycles. The van der Waals surface area contributed by atoms with Crippen LogP contribution in [-0.4, -0.2) is 19.9 Å². The van der Waals surface area contributed by atoms with Crippen LogP contribution in [0.5, 0.6) is 11.5 Å². The molecule has 0 aliphatic carbocycles. The molecule has 2 aromatic rings. The maximum atomic E-state index is 11.8. The average Bonchev–Trinajstić information content (AvgIpc) is 2.49. The van der Waals surface area contributed by atoms with Gasteiger partial charge in [-0.3, -0.25) is 10.1 Å². The van der Waals surface area contributed by atoms with Gasteiger partial charge in [0.2, 0.25) is 15.8 Å². The number of nitro groups is 1. The quantitative estimate of drug-likeness (QED) is 0.632. The summed E-state index contributed by atoms with van der Waals surface area (Å²) in [7, 11) is -3.57. The number of nitro benzene ring substituents is 1. The molecule has 0 heterocycles. The second-order valence-corrected chi connectivity index (χ2v) is 6.59. The van der Waals surface area contributed by atoms with Crippen LogP contribution in [0.1, 0.15) is 6.92 Å². The van der Waals surface area contributed by atoms with Crippen molar-refractivity contribution in [2.45, 2.75) is 11.8 Å². The highest BCUT2D eigenvalue weighted by Crippen LogP contribution is 2.37. The minimum Gasteiger partial charge on any atom is -0.449 e. The van der Waals surface area contributed by atoms with Gasteiger partial charge in [-0.15, -0.1) is 0 Å². The fraction of sp³-hybridized carbons (Fsp3) is 0.143. The van der Waals surface area contributed by atoms with E-state index in [1.807, 2.05) is 0 Å². The molecule has 0 saturated heterocycles. The topological polar surface area (TPSA) is 98.5 Å². The number of hydrogen-bond donors (Lipinski definition) is 1. The minimum atomic E-state index is -3.57. The van der Waals surface area contributed by atoms with Gasteiger partial charge in [0.1, 0.15) is 5.75 Å². The van der Waals surface area contributed by atoms with E-state index in [1.165, 1.54) is 42.5 Å². The van der Waals surface area contributed by atoms with Gasteiger partial charge in [-0.05, 0) is 30.3 Å². The molecule has 0 amide bonds. The van der Waals surface area contributed by atoms with Crippen molar-refractivity contribution < 1.29 is 18.1 Å². The lowest BCUT2D eigenvalue weighted by molar-refractivity contribution is -0.385. The van der Waals surface area contributed by atoms with Crippen molar-refractivity contribution in [2.24, 2.45) is 0 Å². The molecule has 0 bridgehead atoms. The first kappa shape index (κ1) is 17.2. The van der Waals surface area contributed by atoms with Gasteiger partial charge < -0.3 is 4.74 Å². The second kappa shape index (κ2) is 6.95. The average molecular weight is 357 g/mol. The third kappa shape index (κ3) is 3.98. The Labute approximate surface area is 138 Å². The molecule has 0 radical (unpaired) electrons. The summed E-state index contributed by atoms with van der Waals surface area (Å²) in [5, 5.41) is 11.1. The van der Waals surface area contributed by atoms with Gasteiger partial charge in [-0.2, -0.15) is 0 Å². The Bertz CT molecular complexity index is 822. The van der Waals surface area contributed by atoms with E-state index in [1.54, 1.807) is 6.92 Å². The van der Waals surface area contributed by atoms with Gasteiger partial charge in [0, 0.05) is 12.6 Å². The van der Waals surface area contributed by atoms with Gasteiger partial charge in [-0.25, -0.2) is 13.1 Å². The van der Waals surface area contributed by atoms with Crippen LogP contribution in [0.4, 0.5) is 5.69 Å². The molecule has 0 saturated carbocycles. The Morgan fingerprint density at radius 3 is 2.43 bits per heavy atom. The van der Waals surface area contributed by atoms with E-state index in [0.717, 1.165) is 0 Å². The molecule has 1 N–H and O–H groups in total. The highest BCUT2D eigenvalue weighted by molar-refractivity contribution is 7.89. The van der Waals surface area contributed by atoms with Crippen molar-refractivity contribution >= 4 is 27.3 Å². The maximum Gasteiger partial charge on any atom is 0.313 e. The SMILES string of the molecule is CCNS(=O)(=O)c1ccc(Oc2c(Cl)cccc2[N+](=O)[O-])cc1. The van der Waals surface area contributed by atoms with Crippen LogP contribution in [-0.2, 0) is 10.0 Å². The minimum absolute atomic E-state index is 0.0698. The number of halogens is 1. The van der Waals surface area contributed by atoms with Crippen LogP contribution in [0.25, 0.3) is 0 Å². The highest BCUT2D eigenvalue weighted by Gasteiger charge is 2.19. The lowest BCUT2D eigenvalue weighted by Gasteiger charge is -2.09. The maximum absolute atomic E-state index is 11.8. The number of nitrogens with zero attached hydrogens (tertiary/aromatic N) is 1. The van der Waals surface area contributed by atoms with Crippen LogP contribution in [0.2, 0.25) is 5.02 Å². The fourth-order valence-electron chi connectivity index (χ4n) is 1.82. The zero-order chi connectivity index (χ0) is 17.0. The number of hydrogen-bond acceptors (Lipinski definition) is 5. The summed E-state index contributed by atoms with van der Waals surface area (Å²) in [6.07, 6.45) is 0. The van der Waals surface area contributed by atoms with Crippen molar-refractivity contribution in [1.82, 2.24) is 4.72 Å². The van der Waals surface area contributed by atoms with Crippen LogP contribution in [0.3, 0.4) is 0 Å². The molecular formula is C14H13ClN2O5S. The van der Waals surface area contributed by atoms with E-state index >= 15 is 0 Å². The van der Waals surface area contributed by atoms with E-state index in [-0.39, 0.29) is 33.6 Å². The van der Waals surface area contributed by atoms with E-state index in [4.69, 9.17) is 16.3 Å².